The first-order chi connectivity index (χ1) is 6.16. The van der Waals surface area contributed by atoms with Crippen LogP contribution in [-0.2, 0) is 0 Å². The minimum atomic E-state index is -0.156. The van der Waals surface area contributed by atoms with E-state index in [0.29, 0.717) is 18.0 Å². The monoisotopic (exact) mass is 182 g/mol. The molecule has 1 aromatic rings. The zero-order valence-corrected chi connectivity index (χ0v) is 8.18. The molecule has 0 saturated carbocycles. The Kier molecular flexibility index (Phi) is 3.06. The van der Waals surface area contributed by atoms with Gasteiger partial charge in [-0.15, -0.1) is 0 Å². The van der Waals surface area contributed by atoms with Gasteiger partial charge in [-0.25, -0.2) is 0 Å². The standard InChI is InChI=1S/C9H14N2O2/c1-4-5-10-9(12)8-6(2)7(3)13-11-8/h4-5H2,1-3H3,(H,10,12). The second kappa shape index (κ2) is 4.07. The van der Waals surface area contributed by atoms with Crippen molar-refractivity contribution in [2.45, 2.75) is 27.2 Å². The Morgan fingerprint density at radius 1 is 1.54 bits per heavy atom. The van der Waals surface area contributed by atoms with Crippen LogP contribution in [-0.4, -0.2) is 17.6 Å². The van der Waals surface area contributed by atoms with Crippen LogP contribution in [0.5, 0.6) is 0 Å². The number of amides is 1. The highest BCUT2D eigenvalue weighted by atomic mass is 16.5. The van der Waals surface area contributed by atoms with Gasteiger partial charge < -0.3 is 9.84 Å². The maximum Gasteiger partial charge on any atom is 0.273 e. The van der Waals surface area contributed by atoms with Crippen molar-refractivity contribution in [2.24, 2.45) is 0 Å². The first kappa shape index (κ1) is 9.77. The Hall–Kier alpha value is -1.32. The summed E-state index contributed by atoms with van der Waals surface area (Å²) in [6, 6.07) is 0. The number of carbonyl (C=O) groups is 1. The van der Waals surface area contributed by atoms with Gasteiger partial charge >= 0.3 is 0 Å². The lowest BCUT2D eigenvalue weighted by molar-refractivity contribution is 0.0944. The van der Waals surface area contributed by atoms with Crippen molar-refractivity contribution in [1.82, 2.24) is 10.5 Å². The molecule has 0 spiro atoms. The van der Waals surface area contributed by atoms with E-state index < -0.39 is 0 Å². The van der Waals surface area contributed by atoms with E-state index in [-0.39, 0.29) is 5.91 Å². The highest BCUT2D eigenvalue weighted by Gasteiger charge is 2.14. The van der Waals surface area contributed by atoms with Gasteiger partial charge in [0.2, 0.25) is 0 Å². The third kappa shape index (κ3) is 2.08. The molecule has 1 aromatic heterocycles. The molecule has 0 aliphatic carbocycles. The van der Waals surface area contributed by atoms with E-state index in [1.54, 1.807) is 6.92 Å². The molecule has 1 amide bonds. The summed E-state index contributed by atoms with van der Waals surface area (Å²) in [6.45, 7) is 6.29. The zero-order valence-electron chi connectivity index (χ0n) is 8.18. The average Bonchev–Trinajstić information content (AvgIpc) is 2.44. The number of aromatic nitrogens is 1. The van der Waals surface area contributed by atoms with Crippen molar-refractivity contribution in [2.75, 3.05) is 6.54 Å². The first-order valence-electron chi connectivity index (χ1n) is 4.38. The fourth-order valence-corrected chi connectivity index (χ4v) is 0.952. The molecule has 0 unspecified atom stereocenters. The van der Waals surface area contributed by atoms with Gasteiger partial charge in [-0.2, -0.15) is 0 Å². The molecule has 1 heterocycles. The summed E-state index contributed by atoms with van der Waals surface area (Å²) >= 11 is 0. The van der Waals surface area contributed by atoms with Crippen LogP contribution in [0.2, 0.25) is 0 Å². The molecule has 72 valence electrons. The van der Waals surface area contributed by atoms with Crippen molar-refractivity contribution in [1.29, 1.82) is 0 Å². The molecule has 1 N–H and O–H groups in total. The Morgan fingerprint density at radius 3 is 2.69 bits per heavy atom. The van der Waals surface area contributed by atoms with E-state index in [1.165, 1.54) is 0 Å². The minimum Gasteiger partial charge on any atom is -0.361 e. The van der Waals surface area contributed by atoms with Crippen LogP contribution in [0.25, 0.3) is 0 Å². The molecule has 0 radical (unpaired) electrons. The number of nitrogens with one attached hydrogen (secondary N) is 1. The summed E-state index contributed by atoms with van der Waals surface area (Å²) in [5.74, 6) is 0.540. The van der Waals surface area contributed by atoms with Crippen molar-refractivity contribution in [3.63, 3.8) is 0 Å². The second-order valence-corrected chi connectivity index (χ2v) is 2.97. The van der Waals surface area contributed by atoms with Gasteiger partial charge in [-0.1, -0.05) is 12.1 Å². The van der Waals surface area contributed by atoms with E-state index in [0.717, 1.165) is 12.0 Å². The quantitative estimate of drug-likeness (QED) is 0.769. The van der Waals surface area contributed by atoms with Gasteiger partial charge in [-0.3, -0.25) is 4.79 Å². The van der Waals surface area contributed by atoms with E-state index in [9.17, 15) is 4.79 Å². The lowest BCUT2D eigenvalue weighted by atomic mass is 10.2. The Morgan fingerprint density at radius 2 is 2.23 bits per heavy atom. The van der Waals surface area contributed by atoms with E-state index in [2.05, 4.69) is 10.5 Å². The normalized spacial score (nSPS) is 10.1. The third-order valence-electron chi connectivity index (χ3n) is 1.91. The minimum absolute atomic E-state index is 0.156. The Bertz CT molecular complexity index is 305. The SMILES string of the molecule is CCCNC(=O)c1noc(C)c1C. The van der Waals surface area contributed by atoms with Crippen LogP contribution in [0.1, 0.15) is 35.2 Å². The zero-order chi connectivity index (χ0) is 9.84. The lowest BCUT2D eigenvalue weighted by Crippen LogP contribution is -2.24. The van der Waals surface area contributed by atoms with Crippen LogP contribution >= 0.6 is 0 Å². The van der Waals surface area contributed by atoms with E-state index >= 15 is 0 Å². The topological polar surface area (TPSA) is 55.1 Å². The summed E-state index contributed by atoms with van der Waals surface area (Å²) in [5, 5.41) is 6.42. The van der Waals surface area contributed by atoms with Crippen LogP contribution < -0.4 is 5.32 Å². The predicted octanol–water partition coefficient (Wildman–Crippen LogP) is 1.43. The first-order valence-corrected chi connectivity index (χ1v) is 4.38. The predicted molar refractivity (Wildman–Crippen MR) is 48.6 cm³/mol. The summed E-state index contributed by atoms with van der Waals surface area (Å²) in [7, 11) is 0. The number of aryl methyl sites for hydroxylation is 1. The number of hydrogen-bond donors (Lipinski definition) is 1. The Labute approximate surface area is 77.3 Å². The highest BCUT2D eigenvalue weighted by Crippen LogP contribution is 2.10. The molecule has 13 heavy (non-hydrogen) atoms. The molecule has 0 saturated heterocycles. The average molecular weight is 182 g/mol. The van der Waals surface area contributed by atoms with Gasteiger partial charge in [0, 0.05) is 12.1 Å². The number of nitrogens with zero attached hydrogens (tertiary/aromatic N) is 1. The molecule has 0 aliphatic heterocycles. The summed E-state index contributed by atoms with van der Waals surface area (Å²) in [4.78, 5) is 11.4. The maximum atomic E-state index is 11.4. The summed E-state index contributed by atoms with van der Waals surface area (Å²) in [5.41, 5.74) is 1.21. The molecule has 0 aromatic carbocycles. The largest absolute Gasteiger partial charge is 0.361 e. The van der Waals surface area contributed by atoms with Gasteiger partial charge in [0.25, 0.3) is 5.91 Å². The molecule has 4 heteroatoms. The van der Waals surface area contributed by atoms with Gasteiger partial charge in [-0.05, 0) is 20.3 Å². The number of carbonyl (C=O) groups excluding carboxylic acids is 1. The van der Waals surface area contributed by atoms with E-state index in [4.69, 9.17) is 4.52 Å². The van der Waals surface area contributed by atoms with Crippen LogP contribution in [0.15, 0.2) is 4.52 Å². The number of rotatable bonds is 3. The third-order valence-corrected chi connectivity index (χ3v) is 1.91. The van der Waals surface area contributed by atoms with Gasteiger partial charge in [0.05, 0.1) is 0 Å². The maximum absolute atomic E-state index is 11.4. The highest BCUT2D eigenvalue weighted by molar-refractivity contribution is 5.93. The van der Waals surface area contributed by atoms with Crippen molar-refractivity contribution in [3.05, 3.63) is 17.0 Å². The molecular weight excluding hydrogens is 168 g/mol. The Balaban J connectivity index is 2.71. The molecule has 0 fully saturated rings. The van der Waals surface area contributed by atoms with Crippen molar-refractivity contribution >= 4 is 5.91 Å². The van der Waals surface area contributed by atoms with Crippen LogP contribution in [0.3, 0.4) is 0 Å². The fraction of sp³-hybridized carbons (Fsp3) is 0.556. The molecule has 0 atom stereocenters. The van der Waals surface area contributed by atoms with Crippen LogP contribution in [0, 0.1) is 13.8 Å². The molecule has 1 rings (SSSR count). The van der Waals surface area contributed by atoms with E-state index in [1.807, 2.05) is 13.8 Å². The summed E-state index contributed by atoms with van der Waals surface area (Å²) < 4.78 is 4.89. The van der Waals surface area contributed by atoms with Gasteiger partial charge in [0.15, 0.2) is 5.69 Å². The molecular formula is C9H14N2O2. The van der Waals surface area contributed by atoms with Gasteiger partial charge in [0.1, 0.15) is 5.76 Å². The van der Waals surface area contributed by atoms with Crippen LogP contribution in [0.4, 0.5) is 0 Å². The number of hydrogen-bond acceptors (Lipinski definition) is 3. The molecule has 0 aliphatic rings. The van der Waals surface area contributed by atoms with Crippen molar-refractivity contribution < 1.29 is 9.32 Å². The summed E-state index contributed by atoms with van der Waals surface area (Å²) in [6.07, 6.45) is 0.918. The molecule has 0 bridgehead atoms. The second-order valence-electron chi connectivity index (χ2n) is 2.97. The van der Waals surface area contributed by atoms with Crippen molar-refractivity contribution in [3.8, 4) is 0 Å². The smallest absolute Gasteiger partial charge is 0.273 e. The molecule has 4 nitrogen and oxygen atoms in total. The lowest BCUT2D eigenvalue weighted by Gasteiger charge is -1.99. The fourth-order valence-electron chi connectivity index (χ4n) is 0.952.